The summed E-state index contributed by atoms with van der Waals surface area (Å²) in [5.41, 5.74) is 2.87. The van der Waals surface area contributed by atoms with E-state index in [1.54, 1.807) is 11.1 Å². The summed E-state index contributed by atoms with van der Waals surface area (Å²) in [6, 6.07) is 0. The van der Waals surface area contributed by atoms with Crippen molar-refractivity contribution in [2.24, 2.45) is 0 Å². The zero-order valence-corrected chi connectivity index (χ0v) is 7.22. The molecule has 1 amide bonds. The van der Waals surface area contributed by atoms with E-state index < -0.39 is 0 Å². The van der Waals surface area contributed by atoms with Crippen molar-refractivity contribution in [3.63, 3.8) is 0 Å². The van der Waals surface area contributed by atoms with Crippen LogP contribution in [0.15, 0.2) is 12.2 Å². The molecular weight excluding hydrogens is 140 g/mol. The van der Waals surface area contributed by atoms with E-state index in [9.17, 15) is 4.79 Å². The molecule has 11 heavy (non-hydrogen) atoms. The van der Waals surface area contributed by atoms with E-state index in [4.69, 9.17) is 0 Å². The van der Waals surface area contributed by atoms with Gasteiger partial charge in [0.1, 0.15) is 0 Å². The van der Waals surface area contributed by atoms with E-state index in [-0.39, 0.29) is 11.4 Å². The summed E-state index contributed by atoms with van der Waals surface area (Å²) >= 11 is 0. The fourth-order valence-electron chi connectivity index (χ4n) is 1.02. The molecule has 3 nitrogen and oxygen atoms in total. The van der Waals surface area contributed by atoms with Crippen LogP contribution in [0.4, 0.5) is 0 Å². The van der Waals surface area contributed by atoms with Crippen molar-refractivity contribution >= 4 is 5.91 Å². The second-order valence-corrected chi connectivity index (χ2v) is 3.61. The molecule has 1 heterocycles. The third kappa shape index (κ3) is 1.80. The van der Waals surface area contributed by atoms with Crippen molar-refractivity contribution in [3.05, 3.63) is 12.2 Å². The Labute approximate surface area is 67.0 Å². The van der Waals surface area contributed by atoms with E-state index >= 15 is 0 Å². The van der Waals surface area contributed by atoms with E-state index in [0.29, 0.717) is 0 Å². The first-order chi connectivity index (χ1) is 5.02. The Morgan fingerprint density at radius 1 is 1.55 bits per heavy atom. The Balaban J connectivity index is 2.74. The highest BCUT2D eigenvalue weighted by atomic mass is 16.2. The van der Waals surface area contributed by atoms with Gasteiger partial charge >= 0.3 is 0 Å². The van der Waals surface area contributed by atoms with Crippen LogP contribution in [0.1, 0.15) is 20.8 Å². The molecule has 0 bridgehead atoms. The van der Waals surface area contributed by atoms with Crippen LogP contribution in [0.5, 0.6) is 0 Å². The molecule has 0 saturated carbocycles. The van der Waals surface area contributed by atoms with Gasteiger partial charge < -0.3 is 0 Å². The van der Waals surface area contributed by atoms with Gasteiger partial charge in [-0.25, -0.2) is 5.43 Å². The van der Waals surface area contributed by atoms with Gasteiger partial charge in [0.25, 0.3) is 5.91 Å². The van der Waals surface area contributed by atoms with Crippen LogP contribution < -0.4 is 5.43 Å². The van der Waals surface area contributed by atoms with Crippen LogP contribution >= 0.6 is 0 Å². The molecule has 0 aromatic carbocycles. The Hall–Kier alpha value is -0.830. The van der Waals surface area contributed by atoms with Gasteiger partial charge in [-0.15, -0.1) is 0 Å². The summed E-state index contributed by atoms with van der Waals surface area (Å²) in [6.07, 6.45) is 3.42. The third-order valence-electron chi connectivity index (χ3n) is 1.52. The quantitative estimate of drug-likeness (QED) is 0.556. The lowest BCUT2D eigenvalue weighted by Gasteiger charge is -2.36. The first-order valence-electron chi connectivity index (χ1n) is 3.76. The molecule has 0 saturated heterocycles. The summed E-state index contributed by atoms with van der Waals surface area (Å²) in [7, 11) is 0. The molecule has 0 atom stereocenters. The molecule has 0 aliphatic carbocycles. The Morgan fingerprint density at radius 2 is 2.18 bits per heavy atom. The van der Waals surface area contributed by atoms with Crippen LogP contribution in [0.2, 0.25) is 0 Å². The molecule has 0 spiro atoms. The molecule has 1 rings (SSSR count). The van der Waals surface area contributed by atoms with Crippen molar-refractivity contribution in [2.45, 2.75) is 26.3 Å². The summed E-state index contributed by atoms with van der Waals surface area (Å²) in [5, 5.41) is 1.65. The molecular formula is C8H14N2O. The van der Waals surface area contributed by atoms with Crippen molar-refractivity contribution in [1.82, 2.24) is 10.4 Å². The number of nitrogens with one attached hydrogen (secondary N) is 1. The van der Waals surface area contributed by atoms with Crippen LogP contribution in [0.3, 0.4) is 0 Å². The van der Waals surface area contributed by atoms with Gasteiger partial charge in [-0.2, -0.15) is 0 Å². The lowest BCUT2D eigenvalue weighted by molar-refractivity contribution is -0.135. The summed E-state index contributed by atoms with van der Waals surface area (Å²) in [4.78, 5) is 11.2. The predicted molar refractivity (Wildman–Crippen MR) is 43.7 cm³/mol. The lowest BCUT2D eigenvalue weighted by atomic mass is 10.1. The predicted octanol–water partition coefficient (Wildman–Crippen LogP) is 0.688. The number of hydrazine groups is 1. The van der Waals surface area contributed by atoms with Gasteiger partial charge in [-0.05, 0) is 20.8 Å². The number of hydrogen-bond acceptors (Lipinski definition) is 2. The Kier molecular flexibility index (Phi) is 2.00. The van der Waals surface area contributed by atoms with Gasteiger partial charge in [0, 0.05) is 12.6 Å². The molecule has 0 radical (unpaired) electrons. The SMILES string of the molecule is CC(C)(C)N1NCC=CC1=O. The molecule has 0 aromatic heterocycles. The lowest BCUT2D eigenvalue weighted by Crippen LogP contribution is -2.54. The number of nitrogens with zero attached hydrogens (tertiary/aromatic N) is 1. The topological polar surface area (TPSA) is 32.3 Å². The van der Waals surface area contributed by atoms with Gasteiger partial charge in [0.15, 0.2) is 0 Å². The van der Waals surface area contributed by atoms with Crippen LogP contribution in [0, 0.1) is 0 Å². The van der Waals surface area contributed by atoms with Gasteiger partial charge in [0.2, 0.25) is 0 Å². The molecule has 1 aliphatic heterocycles. The number of hydrogen-bond donors (Lipinski definition) is 1. The van der Waals surface area contributed by atoms with E-state index in [0.717, 1.165) is 6.54 Å². The van der Waals surface area contributed by atoms with Gasteiger partial charge in [-0.1, -0.05) is 6.08 Å². The number of amides is 1. The Morgan fingerprint density at radius 3 is 2.55 bits per heavy atom. The molecule has 0 fully saturated rings. The first-order valence-corrected chi connectivity index (χ1v) is 3.76. The van der Waals surface area contributed by atoms with E-state index in [2.05, 4.69) is 5.43 Å². The fourth-order valence-corrected chi connectivity index (χ4v) is 1.02. The van der Waals surface area contributed by atoms with Gasteiger partial charge in [-0.3, -0.25) is 9.80 Å². The van der Waals surface area contributed by atoms with Crippen molar-refractivity contribution in [2.75, 3.05) is 6.54 Å². The van der Waals surface area contributed by atoms with Crippen molar-refractivity contribution < 1.29 is 4.79 Å². The standard InChI is InChI=1S/C8H14N2O/c1-8(2,3)10-7(11)5-4-6-9-10/h4-5,9H,6H2,1-3H3. The van der Waals surface area contributed by atoms with E-state index in [1.807, 2.05) is 26.8 Å². The molecule has 0 aromatic rings. The van der Waals surface area contributed by atoms with Crippen LogP contribution in [0.25, 0.3) is 0 Å². The second kappa shape index (κ2) is 2.66. The van der Waals surface area contributed by atoms with Crippen LogP contribution in [-0.2, 0) is 4.79 Å². The average molecular weight is 154 g/mol. The summed E-state index contributed by atoms with van der Waals surface area (Å²) in [5.74, 6) is 0.0313. The summed E-state index contributed by atoms with van der Waals surface area (Å²) in [6.45, 7) is 6.73. The number of rotatable bonds is 0. The third-order valence-corrected chi connectivity index (χ3v) is 1.52. The first kappa shape index (κ1) is 8.27. The highest BCUT2D eigenvalue weighted by molar-refractivity contribution is 5.88. The zero-order valence-electron chi connectivity index (χ0n) is 7.22. The highest BCUT2D eigenvalue weighted by Crippen LogP contribution is 2.12. The molecule has 1 N–H and O–H groups in total. The van der Waals surface area contributed by atoms with Crippen LogP contribution in [-0.4, -0.2) is 23.0 Å². The molecule has 1 aliphatic rings. The fraction of sp³-hybridized carbons (Fsp3) is 0.625. The maximum absolute atomic E-state index is 11.2. The second-order valence-electron chi connectivity index (χ2n) is 3.61. The van der Waals surface area contributed by atoms with Crippen molar-refractivity contribution in [1.29, 1.82) is 0 Å². The maximum atomic E-state index is 11.2. The normalized spacial score (nSPS) is 19.2. The minimum absolute atomic E-state index is 0.0313. The minimum Gasteiger partial charge on any atom is -0.269 e. The minimum atomic E-state index is -0.137. The van der Waals surface area contributed by atoms with E-state index in [1.165, 1.54) is 0 Å². The number of carbonyl (C=O) groups excluding carboxylic acids is 1. The van der Waals surface area contributed by atoms with Crippen molar-refractivity contribution in [3.8, 4) is 0 Å². The smallest absolute Gasteiger partial charge is 0.260 e. The number of carbonyl (C=O) groups is 1. The maximum Gasteiger partial charge on any atom is 0.260 e. The molecule has 3 heteroatoms. The highest BCUT2D eigenvalue weighted by Gasteiger charge is 2.25. The molecule has 0 unspecified atom stereocenters. The van der Waals surface area contributed by atoms with Gasteiger partial charge in [0.05, 0.1) is 5.54 Å². The average Bonchev–Trinajstić information content (AvgIpc) is 1.86. The monoisotopic (exact) mass is 154 g/mol. The Bertz CT molecular complexity index is 191. The molecule has 62 valence electrons. The summed E-state index contributed by atoms with van der Waals surface area (Å²) < 4.78 is 0. The largest absolute Gasteiger partial charge is 0.269 e. The zero-order chi connectivity index (χ0) is 8.48.